The van der Waals surface area contributed by atoms with Crippen molar-refractivity contribution in [3.63, 3.8) is 0 Å². The van der Waals surface area contributed by atoms with Gasteiger partial charge in [0.25, 0.3) is 0 Å². The van der Waals surface area contributed by atoms with Crippen molar-refractivity contribution < 1.29 is 0 Å². The molecule has 4 nitrogen and oxygen atoms in total. The molecule has 0 fully saturated rings. The van der Waals surface area contributed by atoms with Crippen LogP contribution < -0.4 is 5.32 Å². The summed E-state index contributed by atoms with van der Waals surface area (Å²) in [7, 11) is 1.85. The Kier molecular flexibility index (Phi) is 2.83. The van der Waals surface area contributed by atoms with Crippen LogP contribution in [0, 0.1) is 6.92 Å². The maximum absolute atomic E-state index is 4.51. The minimum atomic E-state index is 0.702. The highest BCUT2D eigenvalue weighted by atomic mass is 15.0. The van der Waals surface area contributed by atoms with Crippen LogP contribution in [0.4, 0.5) is 5.82 Å². The zero-order valence-electron chi connectivity index (χ0n) is 10.9. The summed E-state index contributed by atoms with van der Waals surface area (Å²) in [5.41, 5.74) is 2.82. The molecular weight excluding hydrogens is 236 g/mol. The van der Waals surface area contributed by atoms with Crippen molar-refractivity contribution in [1.29, 1.82) is 0 Å². The molecule has 0 atom stereocenters. The van der Waals surface area contributed by atoms with E-state index >= 15 is 0 Å². The Morgan fingerprint density at radius 2 is 1.89 bits per heavy atom. The van der Waals surface area contributed by atoms with Gasteiger partial charge in [0.2, 0.25) is 0 Å². The quantitative estimate of drug-likeness (QED) is 0.759. The van der Waals surface area contributed by atoms with Crippen molar-refractivity contribution in [2.24, 2.45) is 0 Å². The Morgan fingerprint density at radius 1 is 1.05 bits per heavy atom. The summed E-state index contributed by atoms with van der Waals surface area (Å²) in [4.78, 5) is 13.5. The molecule has 3 aromatic rings. The second kappa shape index (κ2) is 4.65. The molecule has 0 aliphatic carbocycles. The van der Waals surface area contributed by atoms with Gasteiger partial charge in [0.05, 0.1) is 5.52 Å². The monoisotopic (exact) mass is 250 g/mol. The molecule has 94 valence electrons. The molecule has 2 heterocycles. The number of para-hydroxylation sites is 1. The van der Waals surface area contributed by atoms with Gasteiger partial charge in [-0.25, -0.2) is 9.97 Å². The standard InChI is InChI=1S/C15H14N4/c1-10-9-13(16-2)19-15(18-10)12-7-3-5-11-6-4-8-17-14(11)12/h3-9H,1-2H3,(H,16,18,19). The molecule has 4 heteroatoms. The molecular formula is C15H14N4. The van der Waals surface area contributed by atoms with Crippen molar-refractivity contribution in [3.8, 4) is 11.4 Å². The number of aromatic nitrogens is 3. The summed E-state index contributed by atoms with van der Waals surface area (Å²) >= 11 is 0. The van der Waals surface area contributed by atoms with E-state index in [1.54, 1.807) is 6.20 Å². The van der Waals surface area contributed by atoms with Gasteiger partial charge in [0.1, 0.15) is 5.82 Å². The molecule has 0 aliphatic heterocycles. The number of benzene rings is 1. The Bertz CT molecular complexity index is 732. The fraction of sp³-hybridized carbons (Fsp3) is 0.133. The van der Waals surface area contributed by atoms with Crippen molar-refractivity contribution in [2.75, 3.05) is 12.4 Å². The molecule has 19 heavy (non-hydrogen) atoms. The molecule has 0 aliphatic rings. The van der Waals surface area contributed by atoms with Gasteiger partial charge in [-0.2, -0.15) is 0 Å². The van der Waals surface area contributed by atoms with Gasteiger partial charge in [-0.15, -0.1) is 0 Å². The molecule has 0 spiro atoms. The first-order chi connectivity index (χ1) is 9.28. The van der Waals surface area contributed by atoms with Gasteiger partial charge in [0.15, 0.2) is 5.82 Å². The fourth-order valence-electron chi connectivity index (χ4n) is 2.10. The molecule has 0 saturated heterocycles. The summed E-state index contributed by atoms with van der Waals surface area (Å²) in [5.74, 6) is 1.52. The highest BCUT2D eigenvalue weighted by molar-refractivity contribution is 5.91. The van der Waals surface area contributed by atoms with Crippen molar-refractivity contribution in [3.05, 3.63) is 48.3 Å². The first-order valence-corrected chi connectivity index (χ1v) is 6.15. The third-order valence-corrected chi connectivity index (χ3v) is 2.98. The third kappa shape index (κ3) is 2.12. The molecule has 0 radical (unpaired) electrons. The number of rotatable bonds is 2. The number of nitrogens with one attached hydrogen (secondary N) is 1. The van der Waals surface area contributed by atoms with Gasteiger partial charge in [-0.3, -0.25) is 4.98 Å². The van der Waals surface area contributed by atoms with E-state index in [1.165, 1.54) is 0 Å². The predicted molar refractivity (Wildman–Crippen MR) is 77.1 cm³/mol. The van der Waals surface area contributed by atoms with Gasteiger partial charge in [-0.1, -0.05) is 18.2 Å². The largest absolute Gasteiger partial charge is 0.373 e. The third-order valence-electron chi connectivity index (χ3n) is 2.98. The molecule has 1 N–H and O–H groups in total. The maximum Gasteiger partial charge on any atom is 0.163 e. The first kappa shape index (κ1) is 11.6. The lowest BCUT2D eigenvalue weighted by atomic mass is 10.1. The lowest BCUT2D eigenvalue weighted by molar-refractivity contribution is 1.11. The Hall–Kier alpha value is -2.49. The summed E-state index contributed by atoms with van der Waals surface area (Å²) in [5, 5.41) is 4.15. The van der Waals surface area contributed by atoms with Crippen molar-refractivity contribution >= 4 is 16.7 Å². The van der Waals surface area contributed by atoms with Crippen LogP contribution in [-0.4, -0.2) is 22.0 Å². The second-order valence-corrected chi connectivity index (χ2v) is 4.35. The molecule has 0 amide bonds. The molecule has 2 aromatic heterocycles. The van der Waals surface area contributed by atoms with Gasteiger partial charge in [-0.05, 0) is 19.1 Å². The van der Waals surface area contributed by atoms with E-state index in [0.717, 1.165) is 28.0 Å². The number of anilines is 1. The summed E-state index contributed by atoms with van der Waals surface area (Å²) in [6.07, 6.45) is 1.79. The second-order valence-electron chi connectivity index (χ2n) is 4.35. The Balaban J connectivity index is 2.27. The van der Waals surface area contributed by atoms with E-state index in [4.69, 9.17) is 0 Å². The van der Waals surface area contributed by atoms with E-state index in [2.05, 4.69) is 20.3 Å². The lowest BCUT2D eigenvalue weighted by Crippen LogP contribution is -1.99. The lowest BCUT2D eigenvalue weighted by Gasteiger charge is -2.07. The number of fused-ring (bicyclic) bond motifs is 1. The van der Waals surface area contributed by atoms with Crippen LogP contribution in [0.15, 0.2) is 42.6 Å². The highest BCUT2D eigenvalue weighted by Gasteiger charge is 2.08. The number of hydrogen-bond donors (Lipinski definition) is 1. The van der Waals surface area contributed by atoms with E-state index in [1.807, 2.05) is 50.4 Å². The zero-order chi connectivity index (χ0) is 13.2. The van der Waals surface area contributed by atoms with E-state index < -0.39 is 0 Å². The van der Waals surface area contributed by atoms with E-state index in [9.17, 15) is 0 Å². The van der Waals surface area contributed by atoms with Gasteiger partial charge >= 0.3 is 0 Å². The number of nitrogens with zero attached hydrogens (tertiary/aromatic N) is 3. The summed E-state index contributed by atoms with van der Waals surface area (Å²) in [6, 6.07) is 11.9. The molecule has 3 rings (SSSR count). The zero-order valence-corrected chi connectivity index (χ0v) is 10.9. The normalized spacial score (nSPS) is 10.6. The minimum Gasteiger partial charge on any atom is -0.373 e. The predicted octanol–water partition coefficient (Wildman–Crippen LogP) is 3.04. The van der Waals surface area contributed by atoms with Crippen LogP contribution in [0.3, 0.4) is 0 Å². The van der Waals surface area contributed by atoms with Crippen LogP contribution >= 0.6 is 0 Å². The van der Waals surface area contributed by atoms with Crippen LogP contribution in [0.1, 0.15) is 5.69 Å². The molecule has 0 bridgehead atoms. The fourth-order valence-corrected chi connectivity index (χ4v) is 2.10. The van der Waals surface area contributed by atoms with Crippen molar-refractivity contribution in [2.45, 2.75) is 6.92 Å². The summed E-state index contributed by atoms with van der Waals surface area (Å²) < 4.78 is 0. The SMILES string of the molecule is CNc1cc(C)nc(-c2cccc3cccnc23)n1. The van der Waals surface area contributed by atoms with Crippen molar-refractivity contribution in [1.82, 2.24) is 15.0 Å². The average molecular weight is 250 g/mol. The van der Waals surface area contributed by atoms with Gasteiger partial charge < -0.3 is 5.32 Å². The number of aryl methyl sites for hydroxylation is 1. The maximum atomic E-state index is 4.51. The molecule has 1 aromatic carbocycles. The average Bonchev–Trinajstić information content (AvgIpc) is 2.46. The van der Waals surface area contributed by atoms with Crippen LogP contribution in [0.2, 0.25) is 0 Å². The minimum absolute atomic E-state index is 0.702. The smallest absolute Gasteiger partial charge is 0.163 e. The molecule has 0 saturated carbocycles. The van der Waals surface area contributed by atoms with Crippen LogP contribution in [0.5, 0.6) is 0 Å². The topological polar surface area (TPSA) is 50.7 Å². The highest BCUT2D eigenvalue weighted by Crippen LogP contribution is 2.25. The Morgan fingerprint density at radius 3 is 2.74 bits per heavy atom. The molecule has 0 unspecified atom stereocenters. The first-order valence-electron chi connectivity index (χ1n) is 6.15. The summed E-state index contributed by atoms with van der Waals surface area (Å²) in [6.45, 7) is 1.96. The number of hydrogen-bond acceptors (Lipinski definition) is 4. The van der Waals surface area contributed by atoms with E-state index in [0.29, 0.717) is 5.82 Å². The van der Waals surface area contributed by atoms with E-state index in [-0.39, 0.29) is 0 Å². The number of pyridine rings is 1. The van der Waals surface area contributed by atoms with Crippen LogP contribution in [0.25, 0.3) is 22.3 Å². The van der Waals surface area contributed by atoms with Crippen LogP contribution in [-0.2, 0) is 0 Å². The van der Waals surface area contributed by atoms with Gasteiger partial charge in [0, 0.05) is 36.0 Å². The Labute approximate surface area is 111 Å².